The lowest BCUT2D eigenvalue weighted by molar-refractivity contribution is -0.126. The van der Waals surface area contributed by atoms with E-state index in [4.69, 9.17) is 12.2 Å². The molecule has 1 amide bonds. The van der Waals surface area contributed by atoms with Crippen molar-refractivity contribution in [3.8, 4) is 0 Å². The van der Waals surface area contributed by atoms with Crippen molar-refractivity contribution in [2.24, 2.45) is 0 Å². The average Bonchev–Trinajstić information content (AvgIpc) is 3.24. The van der Waals surface area contributed by atoms with Crippen LogP contribution in [0.1, 0.15) is 4.88 Å². The van der Waals surface area contributed by atoms with Gasteiger partial charge in [0.05, 0.1) is 5.57 Å². The highest BCUT2D eigenvalue weighted by Gasteiger charge is 2.35. The third-order valence-electron chi connectivity index (χ3n) is 4.94. The van der Waals surface area contributed by atoms with E-state index in [1.165, 1.54) is 9.80 Å². The van der Waals surface area contributed by atoms with Gasteiger partial charge in [0, 0.05) is 30.3 Å². The molecule has 1 aromatic heterocycles. The van der Waals surface area contributed by atoms with Gasteiger partial charge in [-0.15, -0.1) is 11.3 Å². The summed E-state index contributed by atoms with van der Waals surface area (Å²) >= 11 is 6.76. The van der Waals surface area contributed by atoms with Crippen molar-refractivity contribution >= 4 is 57.0 Å². The van der Waals surface area contributed by atoms with Gasteiger partial charge in [0.15, 0.2) is 11.3 Å². The van der Waals surface area contributed by atoms with Crippen LogP contribution in [0.5, 0.6) is 0 Å². The van der Waals surface area contributed by atoms with Crippen LogP contribution in [0.15, 0.2) is 78.4 Å². The monoisotopic (exact) mass is 435 g/mol. The molecule has 4 rings (SSSR count). The number of nitrogens with zero attached hydrogens (tertiary/aromatic N) is 3. The Morgan fingerprint density at radius 3 is 2.10 bits per heavy atom. The first-order valence-electron chi connectivity index (χ1n) is 9.42. The number of para-hydroxylation sites is 2. The van der Waals surface area contributed by atoms with E-state index in [1.54, 1.807) is 31.5 Å². The van der Waals surface area contributed by atoms with Gasteiger partial charge in [0.2, 0.25) is 0 Å². The van der Waals surface area contributed by atoms with Crippen LogP contribution < -0.4 is 4.90 Å². The molecule has 2 aromatic carbocycles. The molecule has 1 aliphatic heterocycles. The number of thiocarbonyl (C=S) groups is 1. The third-order valence-corrected chi connectivity index (χ3v) is 6.52. The first kappa shape index (κ1) is 20.3. The Balaban J connectivity index is 1.72. The highest BCUT2D eigenvalue weighted by molar-refractivity contribution is 7.80. The number of hydrogen-bond acceptors (Lipinski definition) is 5. The number of rotatable bonds is 4. The second-order valence-electron chi connectivity index (χ2n) is 6.91. The molecule has 1 N–H and O–H groups in total. The standard InChI is InChI=1S/C23H21N3O2S2/c1-24-21(27)19(22(28)25(2)23(24)29)15-18-13-14-20(30-18)26(16-9-5-3-6-10-16)17-11-7-4-8-12-17/h3-15,21,27H,1-2H3/b19-15-. The van der Waals surface area contributed by atoms with Gasteiger partial charge in [-0.05, 0) is 54.7 Å². The maximum Gasteiger partial charge on any atom is 0.260 e. The highest BCUT2D eigenvalue weighted by atomic mass is 32.1. The molecule has 1 aliphatic rings. The molecule has 7 heteroatoms. The summed E-state index contributed by atoms with van der Waals surface area (Å²) < 4.78 is 0. The van der Waals surface area contributed by atoms with E-state index >= 15 is 0 Å². The van der Waals surface area contributed by atoms with E-state index in [2.05, 4.69) is 29.2 Å². The summed E-state index contributed by atoms with van der Waals surface area (Å²) in [6.45, 7) is 0. The first-order valence-corrected chi connectivity index (χ1v) is 10.6. The maximum atomic E-state index is 12.7. The number of aliphatic hydroxyl groups excluding tert-OH is 1. The summed E-state index contributed by atoms with van der Waals surface area (Å²) in [5.41, 5.74) is 2.39. The van der Waals surface area contributed by atoms with Crippen molar-refractivity contribution in [1.82, 2.24) is 9.80 Å². The Labute approximate surface area is 185 Å². The van der Waals surface area contributed by atoms with Crippen LogP contribution in [0.3, 0.4) is 0 Å². The normalized spacial score (nSPS) is 18.2. The lowest BCUT2D eigenvalue weighted by Gasteiger charge is -2.37. The Hall–Kier alpha value is -3.00. The Morgan fingerprint density at radius 2 is 1.53 bits per heavy atom. The predicted molar refractivity (Wildman–Crippen MR) is 126 cm³/mol. The SMILES string of the molecule is CN1C(=O)/C(=C\c2ccc(N(c3ccccc3)c3ccccc3)s2)C(O)N(C)C1=S. The van der Waals surface area contributed by atoms with E-state index in [1.807, 2.05) is 48.5 Å². The molecule has 1 saturated heterocycles. The van der Waals surface area contributed by atoms with Crippen molar-refractivity contribution in [2.75, 3.05) is 19.0 Å². The number of likely N-dealkylation sites (N-methyl/N-ethyl adjacent to an activating group) is 2. The molecule has 152 valence electrons. The number of carbonyl (C=O) groups excluding carboxylic acids is 1. The van der Waals surface area contributed by atoms with Crippen LogP contribution in [-0.2, 0) is 4.79 Å². The summed E-state index contributed by atoms with van der Waals surface area (Å²) in [7, 11) is 3.30. The molecule has 2 heterocycles. The number of anilines is 3. The van der Waals surface area contributed by atoms with Gasteiger partial charge in [0.1, 0.15) is 5.00 Å². The minimum atomic E-state index is -1.06. The number of aliphatic hydroxyl groups is 1. The molecule has 0 aliphatic carbocycles. The van der Waals surface area contributed by atoms with Crippen molar-refractivity contribution in [2.45, 2.75) is 6.23 Å². The van der Waals surface area contributed by atoms with E-state index in [9.17, 15) is 9.90 Å². The fourth-order valence-corrected chi connectivity index (χ4v) is 4.51. The van der Waals surface area contributed by atoms with Crippen LogP contribution in [0.25, 0.3) is 6.08 Å². The molecule has 0 bridgehead atoms. The van der Waals surface area contributed by atoms with Crippen LogP contribution in [0.2, 0.25) is 0 Å². The predicted octanol–water partition coefficient (Wildman–Crippen LogP) is 4.61. The largest absolute Gasteiger partial charge is 0.369 e. The molecule has 1 unspecified atom stereocenters. The zero-order chi connectivity index (χ0) is 21.3. The number of benzene rings is 2. The summed E-state index contributed by atoms with van der Waals surface area (Å²) in [6, 6.07) is 24.2. The average molecular weight is 436 g/mol. The first-order chi connectivity index (χ1) is 14.5. The summed E-state index contributed by atoms with van der Waals surface area (Å²) in [6.07, 6.45) is 0.676. The second-order valence-corrected chi connectivity index (χ2v) is 8.37. The topological polar surface area (TPSA) is 47.0 Å². The molecular formula is C23H21N3O2S2. The van der Waals surface area contributed by atoms with Gasteiger partial charge in [0.25, 0.3) is 5.91 Å². The summed E-state index contributed by atoms with van der Waals surface area (Å²) in [4.78, 5) is 18.6. The quantitative estimate of drug-likeness (QED) is 0.479. The van der Waals surface area contributed by atoms with Gasteiger partial charge in [-0.1, -0.05) is 36.4 Å². The smallest absolute Gasteiger partial charge is 0.260 e. The van der Waals surface area contributed by atoms with Crippen molar-refractivity contribution in [1.29, 1.82) is 0 Å². The molecule has 30 heavy (non-hydrogen) atoms. The Kier molecular flexibility index (Phi) is 5.67. The molecule has 1 fully saturated rings. The minimum absolute atomic E-state index is 0.288. The summed E-state index contributed by atoms with van der Waals surface area (Å²) in [5, 5.41) is 11.9. The minimum Gasteiger partial charge on any atom is -0.369 e. The van der Waals surface area contributed by atoms with Crippen molar-refractivity contribution < 1.29 is 9.90 Å². The Bertz CT molecular complexity index is 1060. The fraction of sp³-hybridized carbons (Fsp3) is 0.130. The van der Waals surface area contributed by atoms with Crippen molar-refractivity contribution in [3.05, 3.63) is 83.2 Å². The van der Waals surface area contributed by atoms with Crippen LogP contribution >= 0.6 is 23.6 Å². The van der Waals surface area contributed by atoms with Gasteiger partial charge in [-0.3, -0.25) is 9.69 Å². The van der Waals surface area contributed by atoms with Gasteiger partial charge in [-0.25, -0.2) is 0 Å². The van der Waals surface area contributed by atoms with E-state index in [0.717, 1.165) is 21.3 Å². The lowest BCUT2D eigenvalue weighted by atomic mass is 10.1. The van der Waals surface area contributed by atoms with E-state index in [-0.39, 0.29) is 5.91 Å². The molecule has 5 nitrogen and oxygen atoms in total. The highest BCUT2D eigenvalue weighted by Crippen LogP contribution is 2.39. The third kappa shape index (κ3) is 3.75. The Morgan fingerprint density at radius 1 is 0.967 bits per heavy atom. The van der Waals surface area contributed by atoms with Crippen LogP contribution in [0.4, 0.5) is 16.4 Å². The van der Waals surface area contributed by atoms with Gasteiger partial charge < -0.3 is 14.9 Å². The number of thiophene rings is 1. The van der Waals surface area contributed by atoms with E-state index < -0.39 is 6.23 Å². The molecule has 3 aromatic rings. The van der Waals surface area contributed by atoms with Crippen LogP contribution in [0, 0.1) is 0 Å². The number of amides is 1. The van der Waals surface area contributed by atoms with Gasteiger partial charge >= 0.3 is 0 Å². The zero-order valence-corrected chi connectivity index (χ0v) is 18.2. The lowest BCUT2D eigenvalue weighted by Crippen LogP contribution is -2.55. The zero-order valence-electron chi connectivity index (χ0n) is 16.6. The van der Waals surface area contributed by atoms with Gasteiger partial charge in [-0.2, -0.15) is 0 Å². The van der Waals surface area contributed by atoms with Crippen LogP contribution in [-0.4, -0.2) is 46.2 Å². The molecule has 1 atom stereocenters. The second kappa shape index (κ2) is 8.39. The molecule has 0 saturated carbocycles. The fourth-order valence-electron chi connectivity index (χ4n) is 3.33. The maximum absolute atomic E-state index is 12.7. The molecule has 0 radical (unpaired) electrons. The molecular weight excluding hydrogens is 414 g/mol. The number of hydrogen-bond donors (Lipinski definition) is 1. The molecule has 0 spiro atoms. The summed E-state index contributed by atoms with van der Waals surface area (Å²) in [5.74, 6) is -0.288. The van der Waals surface area contributed by atoms with E-state index in [0.29, 0.717) is 10.7 Å². The van der Waals surface area contributed by atoms with Crippen molar-refractivity contribution in [3.63, 3.8) is 0 Å². The number of carbonyl (C=O) groups is 1.